The van der Waals surface area contributed by atoms with Gasteiger partial charge in [-0.15, -0.1) is 0 Å². The first kappa shape index (κ1) is 9.90. The molecule has 3 nitrogen and oxygen atoms in total. The van der Waals surface area contributed by atoms with E-state index < -0.39 is 0 Å². The molecule has 1 aliphatic heterocycles. The van der Waals surface area contributed by atoms with Gasteiger partial charge in [0, 0.05) is 0 Å². The summed E-state index contributed by atoms with van der Waals surface area (Å²) in [7, 11) is 0. The molecule has 1 aliphatic rings. The van der Waals surface area contributed by atoms with Crippen LogP contribution in [0.3, 0.4) is 0 Å². The number of nitrogens with zero attached hydrogens (tertiary/aromatic N) is 1. The molecule has 0 aromatic heterocycles. The molecule has 0 radical (unpaired) electrons. The van der Waals surface area contributed by atoms with Gasteiger partial charge >= 0.3 is 5.97 Å². The van der Waals surface area contributed by atoms with Crippen LogP contribution in [0.2, 0.25) is 0 Å². The number of benzene rings is 1. The number of hydrogen-bond acceptors (Lipinski definition) is 3. The van der Waals surface area contributed by atoms with Crippen molar-refractivity contribution < 1.29 is 9.53 Å². The van der Waals surface area contributed by atoms with E-state index in [0.29, 0.717) is 18.7 Å². The lowest BCUT2D eigenvalue weighted by atomic mass is 10.1. The van der Waals surface area contributed by atoms with E-state index in [4.69, 9.17) is 4.74 Å². The fourth-order valence-electron chi connectivity index (χ4n) is 1.60. The highest BCUT2D eigenvalue weighted by atomic mass is 16.5. The molecule has 1 aromatic rings. The number of carbonyl (C=O) groups is 1. The molecule has 0 N–H and O–H groups in total. The second-order valence-electron chi connectivity index (χ2n) is 3.45. The molecule has 1 unspecified atom stereocenters. The Morgan fingerprint density at radius 2 is 2.13 bits per heavy atom. The lowest BCUT2D eigenvalue weighted by Gasteiger charge is -2.19. The van der Waals surface area contributed by atoms with Gasteiger partial charge in [-0.05, 0) is 12.0 Å². The van der Waals surface area contributed by atoms with Crippen LogP contribution in [0.25, 0.3) is 0 Å². The first-order valence-corrected chi connectivity index (χ1v) is 5.10. The maximum Gasteiger partial charge on any atom is 0.352 e. The Labute approximate surface area is 88.8 Å². The fourth-order valence-corrected chi connectivity index (χ4v) is 1.60. The molecule has 0 fully saturated rings. The molecule has 1 heterocycles. The summed E-state index contributed by atoms with van der Waals surface area (Å²) in [6.07, 6.45) is 0.627. The van der Waals surface area contributed by atoms with Crippen molar-refractivity contribution in [3.8, 4) is 0 Å². The summed E-state index contributed by atoms with van der Waals surface area (Å²) >= 11 is 0. The first-order valence-electron chi connectivity index (χ1n) is 5.10. The highest BCUT2D eigenvalue weighted by molar-refractivity contribution is 6.36. The molecule has 0 bridgehead atoms. The van der Waals surface area contributed by atoms with Crippen LogP contribution in [-0.2, 0) is 9.53 Å². The van der Waals surface area contributed by atoms with Crippen molar-refractivity contribution >= 4 is 11.7 Å². The maximum absolute atomic E-state index is 11.2. The molecule has 3 heteroatoms. The highest BCUT2D eigenvalue weighted by Crippen LogP contribution is 2.21. The molecule has 1 aromatic carbocycles. The Kier molecular flexibility index (Phi) is 2.81. The van der Waals surface area contributed by atoms with E-state index >= 15 is 0 Å². The zero-order valence-electron chi connectivity index (χ0n) is 8.64. The van der Waals surface area contributed by atoms with E-state index in [9.17, 15) is 4.79 Å². The second-order valence-corrected chi connectivity index (χ2v) is 3.45. The van der Waals surface area contributed by atoms with Gasteiger partial charge in [-0.3, -0.25) is 4.99 Å². The van der Waals surface area contributed by atoms with E-state index in [1.165, 1.54) is 0 Å². The molecule has 0 saturated heterocycles. The van der Waals surface area contributed by atoms with Crippen molar-refractivity contribution in [3.05, 3.63) is 35.9 Å². The first-order chi connectivity index (χ1) is 7.31. The summed E-state index contributed by atoms with van der Waals surface area (Å²) in [5.41, 5.74) is 1.63. The topological polar surface area (TPSA) is 38.7 Å². The van der Waals surface area contributed by atoms with Crippen molar-refractivity contribution in [1.29, 1.82) is 0 Å². The van der Waals surface area contributed by atoms with Crippen LogP contribution < -0.4 is 0 Å². The van der Waals surface area contributed by atoms with E-state index in [2.05, 4.69) is 4.99 Å². The normalized spacial score (nSPS) is 20.7. The third kappa shape index (κ3) is 2.06. The van der Waals surface area contributed by atoms with Gasteiger partial charge in [0.2, 0.25) is 0 Å². The minimum atomic E-state index is -0.273. The van der Waals surface area contributed by atoms with Crippen LogP contribution in [0.4, 0.5) is 0 Å². The van der Waals surface area contributed by atoms with E-state index in [1.54, 1.807) is 0 Å². The fraction of sp³-hybridized carbons (Fsp3) is 0.333. The Bertz CT molecular complexity index is 384. The standard InChI is InChI=1S/C12H13NO2/c1-2-10-12(14)15-8-11(13-10)9-6-4-3-5-7-9/h3-7,11H,2,8H2,1H3. The van der Waals surface area contributed by atoms with Crippen LogP contribution in [0.5, 0.6) is 0 Å². The van der Waals surface area contributed by atoms with Gasteiger partial charge in [-0.1, -0.05) is 37.3 Å². The average molecular weight is 203 g/mol. The minimum Gasteiger partial charge on any atom is -0.459 e. The highest BCUT2D eigenvalue weighted by Gasteiger charge is 2.22. The SMILES string of the molecule is CCC1=NC(c2ccccc2)COC1=O. The van der Waals surface area contributed by atoms with E-state index in [1.807, 2.05) is 37.3 Å². The van der Waals surface area contributed by atoms with E-state index in [0.717, 1.165) is 5.56 Å². The molecule has 78 valence electrons. The Morgan fingerprint density at radius 3 is 2.80 bits per heavy atom. The summed E-state index contributed by atoms with van der Waals surface area (Å²) < 4.78 is 5.08. The zero-order chi connectivity index (χ0) is 10.7. The molecule has 15 heavy (non-hydrogen) atoms. The van der Waals surface area contributed by atoms with Gasteiger partial charge in [0.15, 0.2) is 0 Å². The summed E-state index contributed by atoms with van der Waals surface area (Å²) in [5.74, 6) is -0.273. The minimum absolute atomic E-state index is 0.0288. The predicted octanol–water partition coefficient (Wildman–Crippen LogP) is 2.14. The van der Waals surface area contributed by atoms with Crippen LogP contribution in [0.15, 0.2) is 35.3 Å². The van der Waals surface area contributed by atoms with Gasteiger partial charge < -0.3 is 4.74 Å². The molecule has 2 rings (SSSR count). The van der Waals surface area contributed by atoms with Crippen LogP contribution >= 0.6 is 0 Å². The van der Waals surface area contributed by atoms with Crippen molar-refractivity contribution in [2.75, 3.05) is 6.61 Å². The summed E-state index contributed by atoms with van der Waals surface area (Å²) in [5, 5.41) is 0. The lowest BCUT2D eigenvalue weighted by Crippen LogP contribution is -2.26. The largest absolute Gasteiger partial charge is 0.459 e. The van der Waals surface area contributed by atoms with Gasteiger partial charge in [-0.25, -0.2) is 4.79 Å². The summed E-state index contributed by atoms with van der Waals surface area (Å²) in [6, 6.07) is 9.86. The van der Waals surface area contributed by atoms with Gasteiger partial charge in [0.25, 0.3) is 0 Å². The van der Waals surface area contributed by atoms with Gasteiger partial charge in [-0.2, -0.15) is 0 Å². The number of ether oxygens (including phenoxy) is 1. The van der Waals surface area contributed by atoms with Crippen molar-refractivity contribution in [1.82, 2.24) is 0 Å². The lowest BCUT2D eigenvalue weighted by molar-refractivity contribution is -0.137. The van der Waals surface area contributed by atoms with Crippen molar-refractivity contribution in [2.24, 2.45) is 4.99 Å². The molecule has 0 amide bonds. The second kappa shape index (κ2) is 4.26. The Hall–Kier alpha value is -1.64. The molecular formula is C12H13NO2. The van der Waals surface area contributed by atoms with Crippen LogP contribution in [0, 0.1) is 0 Å². The number of hydrogen-bond donors (Lipinski definition) is 0. The van der Waals surface area contributed by atoms with Gasteiger partial charge in [0.05, 0.1) is 0 Å². The number of esters is 1. The number of cyclic esters (lactones) is 1. The van der Waals surface area contributed by atoms with Crippen molar-refractivity contribution in [2.45, 2.75) is 19.4 Å². The number of rotatable bonds is 2. The average Bonchev–Trinajstić information content (AvgIpc) is 2.31. The summed E-state index contributed by atoms with van der Waals surface area (Å²) in [4.78, 5) is 15.6. The molecular weight excluding hydrogens is 190 g/mol. The molecule has 0 aliphatic carbocycles. The predicted molar refractivity (Wildman–Crippen MR) is 57.9 cm³/mol. The smallest absolute Gasteiger partial charge is 0.352 e. The third-order valence-corrected chi connectivity index (χ3v) is 2.44. The summed E-state index contributed by atoms with van der Waals surface area (Å²) in [6.45, 7) is 2.26. The van der Waals surface area contributed by atoms with Crippen LogP contribution in [0.1, 0.15) is 24.9 Å². The maximum atomic E-state index is 11.2. The third-order valence-electron chi connectivity index (χ3n) is 2.44. The number of carbonyl (C=O) groups excluding carboxylic acids is 1. The zero-order valence-corrected chi connectivity index (χ0v) is 8.64. The Morgan fingerprint density at radius 1 is 1.40 bits per heavy atom. The van der Waals surface area contributed by atoms with E-state index in [-0.39, 0.29) is 12.0 Å². The molecule has 0 saturated carbocycles. The van der Waals surface area contributed by atoms with Crippen molar-refractivity contribution in [3.63, 3.8) is 0 Å². The van der Waals surface area contributed by atoms with Crippen LogP contribution in [-0.4, -0.2) is 18.3 Å². The van der Waals surface area contributed by atoms with Gasteiger partial charge in [0.1, 0.15) is 18.4 Å². The molecule has 0 spiro atoms. The monoisotopic (exact) mass is 203 g/mol. The Balaban J connectivity index is 2.26. The number of aliphatic imine (C=N–C) groups is 1. The molecule has 1 atom stereocenters. The quantitative estimate of drug-likeness (QED) is 0.691.